The summed E-state index contributed by atoms with van der Waals surface area (Å²) in [6, 6.07) is 17.9. The van der Waals surface area contributed by atoms with Gasteiger partial charge in [0.2, 0.25) is 0 Å². The van der Waals surface area contributed by atoms with Gasteiger partial charge in [-0.25, -0.2) is 4.39 Å². The van der Waals surface area contributed by atoms with Gasteiger partial charge in [-0.05, 0) is 60.0 Å². The van der Waals surface area contributed by atoms with Gasteiger partial charge in [-0.15, -0.1) is 0 Å². The van der Waals surface area contributed by atoms with E-state index in [9.17, 15) is 14.0 Å². The zero-order valence-corrected chi connectivity index (χ0v) is 16.8. The summed E-state index contributed by atoms with van der Waals surface area (Å²) in [6.45, 7) is 4.18. The summed E-state index contributed by atoms with van der Waals surface area (Å²) in [5.41, 5.74) is 2.90. The smallest absolute Gasteiger partial charge is 0.255 e. The molecule has 0 radical (unpaired) electrons. The highest BCUT2D eigenvalue weighted by atomic mass is 35.5. The molecule has 0 atom stereocenters. The third kappa shape index (κ3) is 5.21. The molecular formula is C23H20ClFN2O2. The van der Waals surface area contributed by atoms with Crippen LogP contribution in [0.25, 0.3) is 0 Å². The summed E-state index contributed by atoms with van der Waals surface area (Å²) in [5, 5.41) is 5.37. The van der Waals surface area contributed by atoms with Crippen LogP contribution in [0.1, 0.15) is 46.0 Å². The molecule has 3 aromatic carbocycles. The number of nitrogens with one attached hydrogen (secondary N) is 2. The number of benzene rings is 3. The zero-order chi connectivity index (χ0) is 21.0. The maximum absolute atomic E-state index is 13.3. The molecule has 4 nitrogen and oxygen atoms in total. The number of hydrogen-bond acceptors (Lipinski definition) is 2. The molecular weight excluding hydrogens is 391 g/mol. The minimum Gasteiger partial charge on any atom is -0.322 e. The Morgan fingerprint density at radius 2 is 1.45 bits per heavy atom. The number of hydrogen-bond donors (Lipinski definition) is 2. The van der Waals surface area contributed by atoms with Crippen LogP contribution in [0, 0.1) is 5.82 Å². The van der Waals surface area contributed by atoms with Gasteiger partial charge < -0.3 is 10.6 Å². The molecule has 29 heavy (non-hydrogen) atoms. The van der Waals surface area contributed by atoms with Gasteiger partial charge in [0.25, 0.3) is 11.8 Å². The molecule has 0 aliphatic heterocycles. The Kier molecular flexibility index (Phi) is 6.29. The maximum Gasteiger partial charge on any atom is 0.255 e. The summed E-state index contributed by atoms with van der Waals surface area (Å²) in [7, 11) is 0. The van der Waals surface area contributed by atoms with E-state index in [0.717, 1.165) is 5.56 Å². The van der Waals surface area contributed by atoms with Crippen molar-refractivity contribution in [3.63, 3.8) is 0 Å². The standard InChI is InChI=1S/C23H20ClFN2O2/c1-14(2)15-6-8-16(9-7-15)22(28)26-18-5-3-4-17(12-18)23(29)27-19-10-11-21(25)20(24)13-19/h3-14H,1-2H3,(H,26,28)(H,27,29). The van der Waals surface area contributed by atoms with Gasteiger partial charge in [-0.3, -0.25) is 9.59 Å². The number of halogens is 2. The van der Waals surface area contributed by atoms with Crippen LogP contribution in [0.3, 0.4) is 0 Å². The van der Waals surface area contributed by atoms with Gasteiger partial charge in [-0.2, -0.15) is 0 Å². The first-order valence-electron chi connectivity index (χ1n) is 9.11. The molecule has 0 spiro atoms. The summed E-state index contributed by atoms with van der Waals surface area (Å²) in [4.78, 5) is 24.9. The first-order chi connectivity index (χ1) is 13.8. The number of amides is 2. The third-order valence-corrected chi connectivity index (χ3v) is 4.69. The summed E-state index contributed by atoms with van der Waals surface area (Å²) in [5.74, 6) is -0.831. The van der Waals surface area contributed by atoms with Gasteiger partial charge in [0.1, 0.15) is 5.82 Å². The maximum atomic E-state index is 13.3. The molecule has 0 aromatic heterocycles. The first kappa shape index (κ1) is 20.6. The number of rotatable bonds is 5. The second-order valence-corrected chi connectivity index (χ2v) is 7.30. The zero-order valence-electron chi connectivity index (χ0n) is 16.0. The lowest BCUT2D eigenvalue weighted by atomic mass is 10.0. The lowest BCUT2D eigenvalue weighted by Crippen LogP contribution is -2.14. The highest BCUT2D eigenvalue weighted by Gasteiger charge is 2.11. The van der Waals surface area contributed by atoms with Gasteiger partial charge >= 0.3 is 0 Å². The second-order valence-electron chi connectivity index (χ2n) is 6.89. The molecule has 2 amide bonds. The summed E-state index contributed by atoms with van der Waals surface area (Å²) < 4.78 is 13.3. The summed E-state index contributed by atoms with van der Waals surface area (Å²) in [6.07, 6.45) is 0. The van der Waals surface area contributed by atoms with Gasteiger partial charge in [-0.1, -0.05) is 43.6 Å². The van der Waals surface area contributed by atoms with Crippen molar-refractivity contribution >= 4 is 34.8 Å². The van der Waals surface area contributed by atoms with Crippen molar-refractivity contribution in [3.05, 3.63) is 94.3 Å². The largest absolute Gasteiger partial charge is 0.322 e. The fraction of sp³-hybridized carbons (Fsp3) is 0.130. The molecule has 0 fully saturated rings. The van der Waals surface area contributed by atoms with Crippen molar-refractivity contribution in [2.24, 2.45) is 0 Å². The topological polar surface area (TPSA) is 58.2 Å². The van der Waals surface area contributed by atoms with Crippen LogP contribution in [0.4, 0.5) is 15.8 Å². The van der Waals surface area contributed by atoms with Crippen molar-refractivity contribution in [3.8, 4) is 0 Å². The molecule has 0 saturated heterocycles. The van der Waals surface area contributed by atoms with Gasteiger partial charge in [0.05, 0.1) is 5.02 Å². The van der Waals surface area contributed by atoms with Gasteiger partial charge in [0, 0.05) is 22.5 Å². The van der Waals surface area contributed by atoms with Crippen LogP contribution in [-0.4, -0.2) is 11.8 Å². The van der Waals surface area contributed by atoms with Crippen LogP contribution >= 0.6 is 11.6 Å². The van der Waals surface area contributed by atoms with E-state index in [1.807, 2.05) is 12.1 Å². The van der Waals surface area contributed by atoms with Crippen molar-refractivity contribution in [2.45, 2.75) is 19.8 Å². The third-order valence-electron chi connectivity index (χ3n) is 4.40. The van der Waals surface area contributed by atoms with E-state index in [1.54, 1.807) is 36.4 Å². The first-order valence-corrected chi connectivity index (χ1v) is 9.49. The van der Waals surface area contributed by atoms with Crippen molar-refractivity contribution in [1.82, 2.24) is 0 Å². The molecule has 148 valence electrons. The van der Waals surface area contributed by atoms with E-state index in [1.165, 1.54) is 18.2 Å². The number of carbonyl (C=O) groups is 2. The Balaban J connectivity index is 1.70. The van der Waals surface area contributed by atoms with Crippen LogP contribution in [-0.2, 0) is 0 Å². The quantitative estimate of drug-likeness (QED) is 0.533. The minimum absolute atomic E-state index is 0.0766. The summed E-state index contributed by atoms with van der Waals surface area (Å²) >= 11 is 5.74. The molecule has 3 aromatic rings. The van der Waals surface area contributed by atoms with Crippen molar-refractivity contribution in [2.75, 3.05) is 10.6 Å². The molecule has 0 aliphatic carbocycles. The van der Waals surface area contributed by atoms with Crippen LogP contribution in [0.5, 0.6) is 0 Å². The van der Waals surface area contributed by atoms with Crippen LogP contribution in [0.2, 0.25) is 5.02 Å². The fourth-order valence-electron chi connectivity index (χ4n) is 2.74. The monoisotopic (exact) mass is 410 g/mol. The van der Waals surface area contributed by atoms with E-state index >= 15 is 0 Å². The SMILES string of the molecule is CC(C)c1ccc(C(=O)Nc2cccc(C(=O)Nc3ccc(F)c(Cl)c3)c2)cc1. The van der Waals surface area contributed by atoms with E-state index in [4.69, 9.17) is 11.6 Å². The lowest BCUT2D eigenvalue weighted by molar-refractivity contribution is 0.101. The predicted octanol–water partition coefficient (Wildman–Crippen LogP) is 6.11. The molecule has 3 rings (SSSR count). The average Bonchev–Trinajstić information content (AvgIpc) is 2.71. The van der Waals surface area contributed by atoms with Gasteiger partial charge in [0.15, 0.2) is 0 Å². The lowest BCUT2D eigenvalue weighted by Gasteiger charge is -2.10. The van der Waals surface area contributed by atoms with Crippen molar-refractivity contribution in [1.29, 1.82) is 0 Å². The average molecular weight is 411 g/mol. The minimum atomic E-state index is -0.559. The molecule has 6 heteroatoms. The molecule has 0 unspecified atom stereocenters. The van der Waals surface area contributed by atoms with E-state index in [2.05, 4.69) is 24.5 Å². The fourth-order valence-corrected chi connectivity index (χ4v) is 2.92. The van der Waals surface area contributed by atoms with E-state index < -0.39 is 11.7 Å². The van der Waals surface area contributed by atoms with E-state index in [0.29, 0.717) is 28.4 Å². The Bertz CT molecular complexity index is 1050. The Morgan fingerprint density at radius 1 is 0.828 bits per heavy atom. The predicted molar refractivity (Wildman–Crippen MR) is 114 cm³/mol. The van der Waals surface area contributed by atoms with E-state index in [-0.39, 0.29) is 10.9 Å². The molecule has 0 heterocycles. The number of carbonyl (C=O) groups excluding carboxylic acids is 2. The Labute approximate surface area is 173 Å². The van der Waals surface area contributed by atoms with Crippen LogP contribution in [0.15, 0.2) is 66.7 Å². The van der Waals surface area contributed by atoms with Crippen molar-refractivity contribution < 1.29 is 14.0 Å². The molecule has 2 N–H and O–H groups in total. The normalized spacial score (nSPS) is 10.7. The molecule has 0 bridgehead atoms. The highest BCUT2D eigenvalue weighted by Crippen LogP contribution is 2.21. The van der Waals surface area contributed by atoms with Crippen LogP contribution < -0.4 is 10.6 Å². The molecule has 0 aliphatic rings. The Morgan fingerprint density at radius 3 is 2.07 bits per heavy atom. The second kappa shape index (κ2) is 8.88. The highest BCUT2D eigenvalue weighted by molar-refractivity contribution is 6.31. The Hall–Kier alpha value is -3.18. The molecule has 0 saturated carbocycles. The number of anilines is 2.